The standard InChI is InChI=1S/C13H13F3N4O2/c1-18-12-11(17)20-9(6-19-12)8-4-3-7(5-10(8)21-2)22-13(14,15)16/h3-6H,1-2H3,(H2,17,20)(H,18,19). The molecular weight excluding hydrogens is 301 g/mol. The number of ether oxygens (including phenoxy) is 2. The maximum absolute atomic E-state index is 12.2. The molecule has 9 heteroatoms. The van der Waals surface area contributed by atoms with Crippen LogP contribution in [-0.4, -0.2) is 30.5 Å². The number of benzene rings is 1. The van der Waals surface area contributed by atoms with Crippen molar-refractivity contribution < 1.29 is 22.6 Å². The highest BCUT2D eigenvalue weighted by Gasteiger charge is 2.31. The van der Waals surface area contributed by atoms with E-state index in [0.717, 1.165) is 12.1 Å². The van der Waals surface area contributed by atoms with Gasteiger partial charge in [0.25, 0.3) is 0 Å². The molecule has 3 N–H and O–H groups in total. The zero-order chi connectivity index (χ0) is 16.3. The normalized spacial score (nSPS) is 11.1. The molecule has 0 aliphatic carbocycles. The van der Waals surface area contributed by atoms with Crippen LogP contribution in [-0.2, 0) is 0 Å². The summed E-state index contributed by atoms with van der Waals surface area (Å²) in [4.78, 5) is 8.20. The van der Waals surface area contributed by atoms with Gasteiger partial charge in [0.05, 0.1) is 19.0 Å². The molecule has 2 aromatic rings. The van der Waals surface area contributed by atoms with Crippen LogP contribution in [0.15, 0.2) is 24.4 Å². The quantitative estimate of drug-likeness (QED) is 0.903. The molecule has 0 aliphatic heterocycles. The van der Waals surface area contributed by atoms with Crippen molar-refractivity contribution >= 4 is 11.6 Å². The van der Waals surface area contributed by atoms with Gasteiger partial charge in [0, 0.05) is 18.7 Å². The van der Waals surface area contributed by atoms with Crippen LogP contribution in [0.4, 0.5) is 24.8 Å². The summed E-state index contributed by atoms with van der Waals surface area (Å²) in [5, 5.41) is 2.76. The van der Waals surface area contributed by atoms with E-state index >= 15 is 0 Å². The summed E-state index contributed by atoms with van der Waals surface area (Å²) in [6.07, 6.45) is -3.34. The van der Waals surface area contributed by atoms with Gasteiger partial charge in [-0.15, -0.1) is 13.2 Å². The van der Waals surface area contributed by atoms with E-state index in [1.54, 1.807) is 7.05 Å². The number of methoxy groups -OCH3 is 1. The predicted octanol–water partition coefficient (Wildman–Crippen LogP) is 2.67. The van der Waals surface area contributed by atoms with E-state index in [2.05, 4.69) is 20.0 Å². The molecule has 0 fully saturated rings. The van der Waals surface area contributed by atoms with Gasteiger partial charge in [0.2, 0.25) is 0 Å². The van der Waals surface area contributed by atoms with Gasteiger partial charge in [-0.25, -0.2) is 9.97 Å². The van der Waals surface area contributed by atoms with Crippen LogP contribution in [0.2, 0.25) is 0 Å². The zero-order valence-corrected chi connectivity index (χ0v) is 11.7. The third kappa shape index (κ3) is 3.48. The molecule has 118 valence electrons. The van der Waals surface area contributed by atoms with Crippen molar-refractivity contribution in [1.29, 1.82) is 0 Å². The maximum Gasteiger partial charge on any atom is 0.573 e. The number of halogens is 3. The smallest absolute Gasteiger partial charge is 0.496 e. The number of hydrogen-bond acceptors (Lipinski definition) is 6. The minimum absolute atomic E-state index is 0.160. The molecule has 22 heavy (non-hydrogen) atoms. The lowest BCUT2D eigenvalue weighted by Crippen LogP contribution is -2.17. The summed E-state index contributed by atoms with van der Waals surface area (Å²) in [6, 6.07) is 3.67. The first-order valence-corrected chi connectivity index (χ1v) is 6.08. The Morgan fingerprint density at radius 1 is 1.27 bits per heavy atom. The largest absolute Gasteiger partial charge is 0.573 e. The lowest BCUT2D eigenvalue weighted by Gasteiger charge is -2.13. The highest BCUT2D eigenvalue weighted by molar-refractivity contribution is 5.71. The molecule has 2 rings (SSSR count). The zero-order valence-electron chi connectivity index (χ0n) is 11.7. The van der Waals surface area contributed by atoms with Crippen LogP contribution in [0.3, 0.4) is 0 Å². The Kier molecular flexibility index (Phi) is 4.25. The molecule has 0 saturated carbocycles. The second-order valence-electron chi connectivity index (χ2n) is 4.15. The van der Waals surface area contributed by atoms with Crippen molar-refractivity contribution in [2.45, 2.75) is 6.36 Å². The third-order valence-electron chi connectivity index (χ3n) is 2.72. The number of nitrogens with two attached hydrogens (primary N) is 1. The Balaban J connectivity index is 2.41. The Bertz CT molecular complexity index is 677. The molecule has 0 spiro atoms. The third-order valence-corrected chi connectivity index (χ3v) is 2.72. The monoisotopic (exact) mass is 314 g/mol. The topological polar surface area (TPSA) is 82.3 Å². The van der Waals surface area contributed by atoms with E-state index in [1.807, 2.05) is 0 Å². The van der Waals surface area contributed by atoms with Gasteiger partial charge in [-0.3, -0.25) is 0 Å². The fourth-order valence-corrected chi connectivity index (χ4v) is 1.81. The predicted molar refractivity (Wildman–Crippen MR) is 74.7 cm³/mol. The Hall–Kier alpha value is -2.71. The van der Waals surface area contributed by atoms with Crippen LogP contribution >= 0.6 is 0 Å². The highest BCUT2D eigenvalue weighted by Crippen LogP contribution is 2.34. The molecule has 0 atom stereocenters. The summed E-state index contributed by atoms with van der Waals surface area (Å²) in [5.41, 5.74) is 6.53. The number of alkyl halides is 3. The van der Waals surface area contributed by atoms with E-state index in [0.29, 0.717) is 17.1 Å². The van der Waals surface area contributed by atoms with E-state index in [-0.39, 0.29) is 17.3 Å². The molecule has 0 amide bonds. The number of nitrogens with zero attached hydrogens (tertiary/aromatic N) is 2. The van der Waals surface area contributed by atoms with Crippen molar-refractivity contribution in [3.63, 3.8) is 0 Å². The molecule has 1 aromatic heterocycles. The summed E-state index contributed by atoms with van der Waals surface area (Å²) in [7, 11) is 2.97. The average molecular weight is 314 g/mol. The van der Waals surface area contributed by atoms with Gasteiger partial charge in [-0.2, -0.15) is 0 Å². The van der Waals surface area contributed by atoms with Gasteiger partial charge < -0.3 is 20.5 Å². The lowest BCUT2D eigenvalue weighted by molar-refractivity contribution is -0.274. The number of nitrogens with one attached hydrogen (secondary N) is 1. The average Bonchev–Trinajstić information content (AvgIpc) is 2.45. The number of aromatic nitrogens is 2. The van der Waals surface area contributed by atoms with E-state index in [4.69, 9.17) is 10.5 Å². The lowest BCUT2D eigenvalue weighted by atomic mass is 10.1. The summed E-state index contributed by atoms with van der Waals surface area (Å²) < 4.78 is 45.6. The first kappa shape index (κ1) is 15.7. The Labute approximate surface area is 124 Å². The van der Waals surface area contributed by atoms with Crippen LogP contribution < -0.4 is 20.5 Å². The molecule has 0 aliphatic rings. The molecule has 0 saturated heterocycles. The van der Waals surface area contributed by atoms with Gasteiger partial charge in [-0.1, -0.05) is 0 Å². The summed E-state index contributed by atoms with van der Waals surface area (Å²) in [6.45, 7) is 0. The Morgan fingerprint density at radius 3 is 2.55 bits per heavy atom. The first-order valence-electron chi connectivity index (χ1n) is 6.08. The Morgan fingerprint density at radius 2 is 2.00 bits per heavy atom. The molecular formula is C13H13F3N4O2. The van der Waals surface area contributed by atoms with Crippen LogP contribution in [0.1, 0.15) is 0 Å². The number of nitrogen functional groups attached to an aromatic ring is 1. The van der Waals surface area contributed by atoms with Crippen molar-refractivity contribution in [3.8, 4) is 22.8 Å². The minimum Gasteiger partial charge on any atom is -0.496 e. The molecule has 1 heterocycles. The molecule has 1 aromatic carbocycles. The van der Waals surface area contributed by atoms with E-state index in [1.165, 1.54) is 19.4 Å². The maximum atomic E-state index is 12.2. The second kappa shape index (κ2) is 5.96. The summed E-state index contributed by atoms with van der Waals surface area (Å²) in [5.74, 6) is 0.339. The highest BCUT2D eigenvalue weighted by atomic mass is 19.4. The van der Waals surface area contributed by atoms with Crippen molar-refractivity contribution in [2.24, 2.45) is 0 Å². The van der Waals surface area contributed by atoms with Gasteiger partial charge >= 0.3 is 6.36 Å². The fourth-order valence-electron chi connectivity index (χ4n) is 1.81. The van der Waals surface area contributed by atoms with Crippen LogP contribution in [0, 0.1) is 0 Å². The fraction of sp³-hybridized carbons (Fsp3) is 0.231. The van der Waals surface area contributed by atoms with Gasteiger partial charge in [0.15, 0.2) is 11.6 Å². The molecule has 0 radical (unpaired) electrons. The van der Waals surface area contributed by atoms with Crippen molar-refractivity contribution in [3.05, 3.63) is 24.4 Å². The number of rotatable bonds is 4. The van der Waals surface area contributed by atoms with Crippen LogP contribution in [0.25, 0.3) is 11.3 Å². The summed E-state index contributed by atoms with van der Waals surface area (Å²) >= 11 is 0. The van der Waals surface area contributed by atoms with Crippen LogP contribution in [0.5, 0.6) is 11.5 Å². The van der Waals surface area contributed by atoms with E-state index < -0.39 is 6.36 Å². The first-order chi connectivity index (χ1) is 10.3. The minimum atomic E-state index is -4.77. The van der Waals surface area contributed by atoms with Crippen molar-refractivity contribution in [2.75, 3.05) is 25.2 Å². The van der Waals surface area contributed by atoms with E-state index in [9.17, 15) is 13.2 Å². The van der Waals surface area contributed by atoms with Gasteiger partial charge in [0.1, 0.15) is 11.5 Å². The number of hydrogen-bond donors (Lipinski definition) is 2. The molecule has 6 nitrogen and oxygen atoms in total. The SMILES string of the molecule is CNc1ncc(-c2ccc(OC(F)(F)F)cc2OC)nc1N. The molecule has 0 bridgehead atoms. The molecule has 0 unspecified atom stereocenters. The van der Waals surface area contributed by atoms with Crippen molar-refractivity contribution in [1.82, 2.24) is 9.97 Å². The second-order valence-corrected chi connectivity index (χ2v) is 4.15. The number of anilines is 2. The van der Waals surface area contributed by atoms with Gasteiger partial charge in [-0.05, 0) is 12.1 Å².